The molecule has 232 valence electrons. The lowest BCUT2D eigenvalue weighted by molar-refractivity contribution is 0.111. The Morgan fingerprint density at radius 1 is 0.558 bits per heavy atom. The summed E-state index contributed by atoms with van der Waals surface area (Å²) in [6.45, 7) is 9.44. The fourth-order valence-electron chi connectivity index (χ4n) is 3.61. The highest BCUT2D eigenvalue weighted by molar-refractivity contribution is 6.67. The maximum Gasteiger partial charge on any atom is 0.187 e. The van der Waals surface area contributed by atoms with Gasteiger partial charge in [0.25, 0.3) is 0 Å². The number of methoxy groups -OCH3 is 2. The first-order chi connectivity index (χ1) is 20.8. The van der Waals surface area contributed by atoms with E-state index in [4.69, 9.17) is 53.8 Å². The molecule has 5 aromatic rings. The van der Waals surface area contributed by atoms with Gasteiger partial charge in [-0.15, -0.1) is 0 Å². The summed E-state index contributed by atoms with van der Waals surface area (Å²) in [5.74, 6) is 2.78. The number of para-hydroxylation sites is 1. The van der Waals surface area contributed by atoms with Crippen LogP contribution < -0.4 is 14.2 Å². The van der Waals surface area contributed by atoms with Crippen LogP contribution in [-0.2, 0) is 4.74 Å². The average molecular weight is 646 g/mol. The lowest BCUT2D eigenvalue weighted by Crippen LogP contribution is -2.06. The van der Waals surface area contributed by atoms with Crippen LogP contribution in [0.3, 0.4) is 0 Å². The van der Waals surface area contributed by atoms with Crippen LogP contribution >= 0.6 is 34.8 Å². The van der Waals surface area contributed by atoms with E-state index in [0.29, 0.717) is 13.2 Å². The van der Waals surface area contributed by atoms with Crippen molar-refractivity contribution in [2.75, 3.05) is 34.0 Å². The molecule has 0 aliphatic carbocycles. The molecule has 4 nitrogen and oxygen atoms in total. The van der Waals surface area contributed by atoms with Crippen LogP contribution in [0.25, 0.3) is 21.5 Å². The molecule has 0 heterocycles. The highest BCUT2D eigenvalue weighted by atomic mass is 35.6. The molecule has 0 atom stereocenters. The summed E-state index contributed by atoms with van der Waals surface area (Å²) in [7, 11) is 3.36. The molecule has 0 N–H and O–H groups in total. The molecule has 5 aromatic carbocycles. The minimum Gasteiger partial charge on any atom is -0.497 e. The van der Waals surface area contributed by atoms with Gasteiger partial charge in [-0.1, -0.05) is 140 Å². The zero-order chi connectivity index (χ0) is 31.9. The molecule has 0 bridgehead atoms. The molecule has 0 saturated heterocycles. The fourth-order valence-corrected chi connectivity index (χ4v) is 3.61. The topological polar surface area (TPSA) is 36.9 Å². The third-order valence-corrected chi connectivity index (χ3v) is 5.39. The minimum atomic E-state index is -1.08. The maximum absolute atomic E-state index is 5.70. The summed E-state index contributed by atoms with van der Waals surface area (Å²) >= 11 is 15.2. The molecule has 0 fully saturated rings. The van der Waals surface area contributed by atoms with Crippen LogP contribution in [0.1, 0.15) is 27.7 Å². The number of hydrogen-bond donors (Lipinski definition) is 0. The lowest BCUT2D eigenvalue weighted by Gasteiger charge is -2.08. The predicted octanol–water partition coefficient (Wildman–Crippen LogP) is 11.2. The average Bonchev–Trinajstić information content (AvgIpc) is 3.04. The highest BCUT2D eigenvalue weighted by Crippen LogP contribution is 2.26. The van der Waals surface area contributed by atoms with Gasteiger partial charge in [0.15, 0.2) is 3.79 Å². The lowest BCUT2D eigenvalue weighted by atomic mass is 10.1. The van der Waals surface area contributed by atoms with Gasteiger partial charge in [-0.05, 0) is 48.9 Å². The molecule has 5 rings (SSSR count). The Balaban J connectivity index is 0.000000303. The van der Waals surface area contributed by atoms with Crippen molar-refractivity contribution >= 4 is 56.3 Å². The zero-order valence-electron chi connectivity index (χ0n) is 25.9. The van der Waals surface area contributed by atoms with E-state index in [1.54, 1.807) is 14.2 Å². The van der Waals surface area contributed by atoms with Crippen LogP contribution in [0.4, 0.5) is 0 Å². The smallest absolute Gasteiger partial charge is 0.187 e. The number of fused-ring (bicyclic) bond motifs is 2. The van der Waals surface area contributed by atoms with Crippen molar-refractivity contribution in [3.63, 3.8) is 0 Å². The number of rotatable bonds is 7. The van der Waals surface area contributed by atoms with Crippen LogP contribution in [0.5, 0.6) is 17.2 Å². The highest BCUT2D eigenvalue weighted by Gasteiger charge is 2.07. The minimum absolute atomic E-state index is 0.599. The van der Waals surface area contributed by atoms with Crippen molar-refractivity contribution in [1.82, 2.24) is 0 Å². The van der Waals surface area contributed by atoms with Crippen LogP contribution in [0, 0.1) is 0 Å². The summed E-state index contributed by atoms with van der Waals surface area (Å²) < 4.78 is 20.0. The second-order valence-electron chi connectivity index (χ2n) is 8.50. The van der Waals surface area contributed by atoms with Gasteiger partial charge in [-0.3, -0.25) is 0 Å². The molecule has 7 heteroatoms. The monoisotopic (exact) mass is 644 g/mol. The fraction of sp³-hybridized carbons (Fsp3) is 0.278. The van der Waals surface area contributed by atoms with Crippen molar-refractivity contribution in [2.24, 2.45) is 0 Å². The molecule has 0 radical (unpaired) electrons. The summed E-state index contributed by atoms with van der Waals surface area (Å²) in [5, 5.41) is 4.75. The van der Waals surface area contributed by atoms with Crippen molar-refractivity contribution in [3.05, 3.63) is 115 Å². The molecule has 0 aliphatic heterocycles. The number of benzene rings is 5. The number of alkyl halides is 3. The zero-order valence-corrected chi connectivity index (χ0v) is 28.1. The van der Waals surface area contributed by atoms with Gasteiger partial charge in [0.2, 0.25) is 0 Å². The van der Waals surface area contributed by atoms with E-state index < -0.39 is 3.79 Å². The second kappa shape index (κ2) is 22.4. The van der Waals surface area contributed by atoms with E-state index in [0.717, 1.165) is 29.2 Å². The first kappa shape index (κ1) is 37.9. The molecule has 0 aromatic heterocycles. The van der Waals surface area contributed by atoms with E-state index in [1.165, 1.54) is 23.1 Å². The standard InChI is InChI=1S/C14H16O2.C11H10O.C7H8O.C2H3Cl3.C2H6/c1-2-15-10-11-16-14-9-5-7-12-6-3-4-8-13(12)14;1-12-11-8-4-6-9-5-2-3-7-10(9)11;1-8-7-5-3-2-4-6-7;1-2(3,4)5;1-2/h3-9H,2,10-11H2,1H3;2-8H,1H3;2-6H,1H3;1H3;1-2H3. The van der Waals surface area contributed by atoms with E-state index in [9.17, 15) is 0 Å². The predicted molar refractivity (Wildman–Crippen MR) is 187 cm³/mol. The van der Waals surface area contributed by atoms with Gasteiger partial charge in [0.1, 0.15) is 23.9 Å². The van der Waals surface area contributed by atoms with Crippen LogP contribution in [0.2, 0.25) is 0 Å². The van der Waals surface area contributed by atoms with Gasteiger partial charge < -0.3 is 18.9 Å². The third-order valence-electron chi connectivity index (χ3n) is 5.39. The Kier molecular flexibility index (Phi) is 19.7. The Morgan fingerprint density at radius 3 is 1.47 bits per heavy atom. The molecule has 0 unspecified atom stereocenters. The first-order valence-electron chi connectivity index (χ1n) is 14.1. The largest absolute Gasteiger partial charge is 0.497 e. The summed E-state index contributed by atoms with van der Waals surface area (Å²) in [5.41, 5.74) is 0. The second-order valence-corrected chi connectivity index (χ2v) is 11.4. The van der Waals surface area contributed by atoms with Crippen molar-refractivity contribution < 1.29 is 18.9 Å². The Hall–Kier alpha value is -3.15. The quantitative estimate of drug-likeness (QED) is 0.130. The molecule has 0 spiro atoms. The van der Waals surface area contributed by atoms with Crippen LogP contribution in [0.15, 0.2) is 115 Å². The van der Waals surface area contributed by atoms with Crippen molar-refractivity contribution in [2.45, 2.75) is 31.5 Å². The van der Waals surface area contributed by atoms with Crippen molar-refractivity contribution in [1.29, 1.82) is 0 Å². The number of halogens is 3. The van der Waals surface area contributed by atoms with E-state index in [-0.39, 0.29) is 0 Å². The first-order valence-corrected chi connectivity index (χ1v) is 15.3. The third kappa shape index (κ3) is 16.3. The van der Waals surface area contributed by atoms with Gasteiger partial charge in [-0.25, -0.2) is 0 Å². The van der Waals surface area contributed by atoms with Gasteiger partial charge in [0.05, 0.1) is 20.8 Å². The van der Waals surface area contributed by atoms with E-state index >= 15 is 0 Å². The molecule has 0 amide bonds. The van der Waals surface area contributed by atoms with Gasteiger partial charge in [0, 0.05) is 17.4 Å². The molecular formula is C36H43Cl3O4. The Bertz CT molecular complexity index is 1390. The summed E-state index contributed by atoms with van der Waals surface area (Å²) in [4.78, 5) is 0. The van der Waals surface area contributed by atoms with Gasteiger partial charge >= 0.3 is 0 Å². The van der Waals surface area contributed by atoms with Crippen molar-refractivity contribution in [3.8, 4) is 17.2 Å². The molecule has 0 saturated carbocycles. The number of ether oxygens (including phenoxy) is 4. The summed E-state index contributed by atoms with van der Waals surface area (Å²) in [6.07, 6.45) is 0. The molecular weight excluding hydrogens is 603 g/mol. The van der Waals surface area contributed by atoms with Crippen LogP contribution in [-0.4, -0.2) is 37.8 Å². The summed E-state index contributed by atoms with van der Waals surface area (Å²) in [6, 6.07) is 38.2. The number of hydrogen-bond acceptors (Lipinski definition) is 4. The van der Waals surface area contributed by atoms with E-state index in [2.05, 4.69) is 36.4 Å². The normalized spacial score (nSPS) is 9.88. The SMILES string of the molecule is CC.CC(Cl)(Cl)Cl.CCOCCOc1cccc2ccccc12.COc1cccc2ccccc12.COc1ccccc1. The Labute approximate surface area is 272 Å². The van der Waals surface area contributed by atoms with Gasteiger partial charge in [-0.2, -0.15) is 0 Å². The van der Waals surface area contributed by atoms with E-state index in [1.807, 2.05) is 99.6 Å². The molecule has 43 heavy (non-hydrogen) atoms. The molecule has 0 aliphatic rings. The maximum atomic E-state index is 5.70. The Morgan fingerprint density at radius 2 is 1.00 bits per heavy atom.